The van der Waals surface area contributed by atoms with E-state index in [0.29, 0.717) is 24.0 Å². The lowest BCUT2D eigenvalue weighted by Gasteiger charge is -2.30. The number of carbonyl (C=O) groups excluding carboxylic acids is 6. The number of benzene rings is 1. The lowest BCUT2D eigenvalue weighted by molar-refractivity contribution is -0.145. The van der Waals surface area contributed by atoms with Crippen LogP contribution in [0.4, 0.5) is 14.0 Å². The van der Waals surface area contributed by atoms with E-state index in [0.717, 1.165) is 4.90 Å². The van der Waals surface area contributed by atoms with Crippen LogP contribution in [0.3, 0.4) is 0 Å². The van der Waals surface area contributed by atoms with Gasteiger partial charge in [0.25, 0.3) is 5.91 Å². The van der Waals surface area contributed by atoms with Gasteiger partial charge in [0.05, 0.1) is 18.3 Å². The first-order valence-corrected chi connectivity index (χ1v) is 19.9. The van der Waals surface area contributed by atoms with Gasteiger partial charge in [0.1, 0.15) is 41.8 Å². The monoisotopic (exact) mass is 803 g/mol. The fraction of sp³-hybridized carbons (Fsp3) is 0.579. The summed E-state index contributed by atoms with van der Waals surface area (Å²) in [7, 11) is -3.99. The molecule has 3 fully saturated rings. The summed E-state index contributed by atoms with van der Waals surface area (Å²) >= 11 is 0. The molecular weight excluding hydrogens is 754 g/mol. The van der Waals surface area contributed by atoms with Crippen molar-refractivity contribution in [2.75, 3.05) is 13.2 Å². The number of likely N-dealkylation sites (tertiary alicyclic amines) is 1. The van der Waals surface area contributed by atoms with Crippen LogP contribution in [0, 0.1) is 17.2 Å². The molecule has 0 radical (unpaired) electrons. The Balaban J connectivity index is 1.39. The van der Waals surface area contributed by atoms with Crippen molar-refractivity contribution < 1.29 is 55.8 Å². The topological polar surface area (TPSA) is 207 Å². The van der Waals surface area contributed by atoms with Gasteiger partial charge in [-0.25, -0.2) is 27.2 Å². The zero-order chi connectivity index (χ0) is 41.4. The number of carbonyl (C=O) groups is 6. The molecular formula is C38H50FN5O11S. The summed E-state index contributed by atoms with van der Waals surface area (Å²) in [5.41, 5.74) is -2.12. The van der Waals surface area contributed by atoms with E-state index < -0.39 is 98.8 Å². The first-order valence-electron chi connectivity index (χ1n) is 18.4. The number of nitrogens with one attached hydrogen (secondary N) is 3. The second kappa shape index (κ2) is 15.9. The molecule has 1 aromatic carbocycles. The normalized spacial score (nSPS) is 23.8. The zero-order valence-electron chi connectivity index (χ0n) is 32.4. The van der Waals surface area contributed by atoms with Crippen LogP contribution in [-0.2, 0) is 56.5 Å². The molecule has 3 N–H and O–H groups in total. The molecule has 1 aromatic rings. The molecule has 0 aromatic heterocycles. The Morgan fingerprint density at radius 1 is 1.07 bits per heavy atom. The highest BCUT2D eigenvalue weighted by Gasteiger charge is 2.62. The van der Waals surface area contributed by atoms with E-state index in [1.165, 1.54) is 29.2 Å². The van der Waals surface area contributed by atoms with Gasteiger partial charge < -0.3 is 29.7 Å². The van der Waals surface area contributed by atoms with Crippen LogP contribution in [0.15, 0.2) is 43.0 Å². The molecule has 2 heterocycles. The van der Waals surface area contributed by atoms with Crippen LogP contribution in [0.5, 0.6) is 0 Å². The van der Waals surface area contributed by atoms with Crippen molar-refractivity contribution in [3.63, 3.8) is 0 Å². The molecule has 0 unspecified atom stereocenters. The number of alkyl carbamates (subject to hydrolysis) is 1. The highest BCUT2D eigenvalue weighted by atomic mass is 32.2. The van der Waals surface area contributed by atoms with E-state index in [1.54, 1.807) is 32.9 Å². The van der Waals surface area contributed by atoms with Gasteiger partial charge in [0.2, 0.25) is 21.8 Å². The number of hydrogen-bond acceptors (Lipinski definition) is 11. The molecule has 16 nitrogen and oxygen atoms in total. The van der Waals surface area contributed by atoms with Gasteiger partial charge in [-0.15, -0.1) is 6.58 Å². The Kier molecular flexibility index (Phi) is 11.9. The van der Waals surface area contributed by atoms with Crippen LogP contribution in [-0.4, -0.2) is 102 Å². The number of halogens is 1. The minimum Gasteiger partial charge on any atom is -0.460 e. The third-order valence-corrected chi connectivity index (χ3v) is 11.5. The molecule has 5 atom stereocenters. The largest absolute Gasteiger partial charge is 0.460 e. The number of hydrogen-bond donors (Lipinski definition) is 3. The Hall–Kier alpha value is -5.00. The molecule has 5 amide bonds. The molecule has 5 rings (SSSR count). The van der Waals surface area contributed by atoms with Crippen LogP contribution < -0.4 is 15.4 Å². The van der Waals surface area contributed by atoms with E-state index in [9.17, 15) is 41.6 Å². The van der Waals surface area contributed by atoms with Gasteiger partial charge in [-0.05, 0) is 57.1 Å². The Bertz CT molecular complexity index is 1920. The average molecular weight is 804 g/mol. The smallest absolute Gasteiger partial charge is 0.410 e. The highest BCUT2D eigenvalue weighted by molar-refractivity contribution is 7.91. The minimum atomic E-state index is -3.99. The molecule has 2 aliphatic heterocycles. The predicted octanol–water partition coefficient (Wildman–Crippen LogP) is 2.96. The van der Waals surface area contributed by atoms with Gasteiger partial charge in [0, 0.05) is 30.5 Å². The molecule has 0 spiro atoms. The molecule has 18 heteroatoms. The van der Waals surface area contributed by atoms with Crippen LogP contribution in [0.25, 0.3) is 0 Å². The van der Waals surface area contributed by atoms with Crippen LogP contribution in [0.1, 0.15) is 78.4 Å². The fourth-order valence-corrected chi connectivity index (χ4v) is 7.84. The van der Waals surface area contributed by atoms with Crippen molar-refractivity contribution >= 4 is 45.9 Å². The first-order chi connectivity index (χ1) is 26.0. The van der Waals surface area contributed by atoms with Crippen molar-refractivity contribution in [1.82, 2.24) is 25.2 Å². The van der Waals surface area contributed by atoms with Gasteiger partial charge in [-0.3, -0.25) is 24.0 Å². The Labute approximate surface area is 325 Å². The number of amides is 5. The molecule has 2 saturated carbocycles. The number of nitrogens with zero attached hydrogens (tertiary/aromatic N) is 2. The van der Waals surface area contributed by atoms with Gasteiger partial charge in [-0.1, -0.05) is 45.1 Å². The summed E-state index contributed by atoms with van der Waals surface area (Å²) in [5.74, 6) is -4.68. The summed E-state index contributed by atoms with van der Waals surface area (Å²) in [4.78, 5) is 83.3. The molecule has 0 bridgehead atoms. The minimum absolute atomic E-state index is 0.0281. The molecule has 1 saturated heterocycles. The van der Waals surface area contributed by atoms with Gasteiger partial charge in [-0.2, -0.15) is 0 Å². The van der Waals surface area contributed by atoms with Crippen molar-refractivity contribution in [1.29, 1.82) is 0 Å². The third-order valence-electron chi connectivity index (χ3n) is 9.65. The summed E-state index contributed by atoms with van der Waals surface area (Å²) in [6, 6.07) is 1.46. The van der Waals surface area contributed by atoms with E-state index in [2.05, 4.69) is 21.9 Å². The second-order valence-electron chi connectivity index (χ2n) is 16.7. The maximum Gasteiger partial charge on any atom is 0.410 e. The summed E-state index contributed by atoms with van der Waals surface area (Å²) < 4.78 is 58.3. The first kappa shape index (κ1) is 42.1. The average Bonchev–Trinajstić information content (AvgIpc) is 3.98. The number of sulfonamides is 1. The van der Waals surface area contributed by atoms with Gasteiger partial charge in [0.15, 0.2) is 0 Å². The van der Waals surface area contributed by atoms with E-state index in [-0.39, 0.29) is 37.9 Å². The van der Waals surface area contributed by atoms with E-state index in [4.69, 9.17) is 14.2 Å². The van der Waals surface area contributed by atoms with E-state index in [1.807, 2.05) is 20.8 Å². The van der Waals surface area contributed by atoms with Gasteiger partial charge >= 0.3 is 18.2 Å². The number of ether oxygens (including phenoxy) is 3. The number of esters is 1. The second-order valence-corrected chi connectivity index (χ2v) is 18.7. The third kappa shape index (κ3) is 10.2. The maximum atomic E-state index is 14.5. The number of allylic oxidation sites excluding steroid dienone is 1. The van der Waals surface area contributed by atoms with Crippen molar-refractivity contribution in [3.8, 4) is 0 Å². The molecule has 306 valence electrons. The predicted molar refractivity (Wildman–Crippen MR) is 198 cm³/mol. The van der Waals surface area contributed by atoms with Crippen molar-refractivity contribution in [2.45, 2.75) is 115 Å². The van der Waals surface area contributed by atoms with E-state index >= 15 is 0 Å². The summed E-state index contributed by atoms with van der Waals surface area (Å²) in [6.45, 7) is 13.0. The molecule has 56 heavy (non-hydrogen) atoms. The van der Waals surface area contributed by atoms with Crippen molar-refractivity contribution in [2.24, 2.45) is 11.3 Å². The summed E-state index contributed by atoms with van der Waals surface area (Å²) in [5, 5.41) is 4.33. The van der Waals surface area contributed by atoms with Crippen LogP contribution in [0.2, 0.25) is 0 Å². The standard InChI is InChI=1S/C38H50FN5O11S/c1-8-23-17-38(23,33(48)42-56(51,52)25-12-13-25)41-31(46)29-16-24(54-35(50)43-18-22-10-9-11-27(39)26(22)20-43)19-44(29)32(47)28(40-34(49)55-37(5,6)7)21-53-30(45)14-15-36(2,3)4/h8-11,14-15,23-25,28-29H,1,12-13,16-21H2,2-7H3,(H,40,49)(H,41,46)(H,42,48)/b15-14+/t23-,24-,28-,29+,38-/m1/s1. The van der Waals surface area contributed by atoms with Crippen molar-refractivity contribution in [3.05, 3.63) is 60.0 Å². The fourth-order valence-electron chi connectivity index (χ4n) is 6.48. The maximum absolute atomic E-state index is 14.5. The lowest BCUT2D eigenvalue weighted by atomic mass is 9.96. The number of rotatable bonds is 12. The zero-order valence-corrected chi connectivity index (χ0v) is 33.2. The Morgan fingerprint density at radius 2 is 1.77 bits per heavy atom. The lowest BCUT2D eigenvalue weighted by Crippen LogP contribution is -2.59. The quantitative estimate of drug-likeness (QED) is 0.121. The Morgan fingerprint density at radius 3 is 2.36 bits per heavy atom. The molecule has 4 aliphatic rings. The van der Waals surface area contributed by atoms with Crippen LogP contribution >= 0.6 is 0 Å². The number of fused-ring (bicyclic) bond motifs is 1. The molecule has 2 aliphatic carbocycles. The highest BCUT2D eigenvalue weighted by Crippen LogP contribution is 2.45. The summed E-state index contributed by atoms with van der Waals surface area (Å²) in [6.07, 6.45) is 1.75. The SMILES string of the molecule is C=C[C@@H]1C[C@]1(NC(=O)[C@@H]1C[C@@H](OC(=O)N2Cc3cccc(F)c3C2)CN1C(=O)[C@@H](COC(=O)/C=C/C(C)(C)C)NC(=O)OC(C)(C)C)C(=O)NS(=O)(=O)C1CC1.